The summed E-state index contributed by atoms with van der Waals surface area (Å²) in [6, 6.07) is 3.68. The highest BCUT2D eigenvalue weighted by Gasteiger charge is 2.06. The van der Waals surface area contributed by atoms with Crippen LogP contribution in [0.3, 0.4) is 0 Å². The van der Waals surface area contributed by atoms with Crippen molar-refractivity contribution in [2.24, 2.45) is 0 Å². The molecule has 0 aliphatic carbocycles. The highest BCUT2D eigenvalue weighted by molar-refractivity contribution is 7.80. The smallest absolute Gasteiger partial charge is 0.348 e. The third-order valence-electron chi connectivity index (χ3n) is 1.59. The third kappa shape index (κ3) is 3.20. The lowest BCUT2D eigenvalue weighted by atomic mass is 10.3. The van der Waals surface area contributed by atoms with E-state index in [2.05, 4.69) is 17.4 Å². The molecule has 14 heavy (non-hydrogen) atoms. The van der Waals surface area contributed by atoms with Crippen LogP contribution in [0.25, 0.3) is 6.08 Å². The fraction of sp³-hybridized carbons (Fsp3) is 0.300. The summed E-state index contributed by atoms with van der Waals surface area (Å²) in [6.45, 7) is 0. The van der Waals surface area contributed by atoms with E-state index in [9.17, 15) is 4.79 Å². The summed E-state index contributed by atoms with van der Waals surface area (Å²) in [7, 11) is 1.39. The fourth-order valence-electron chi connectivity index (χ4n) is 0.927. The van der Waals surface area contributed by atoms with Gasteiger partial charge in [-0.1, -0.05) is 6.08 Å². The van der Waals surface area contributed by atoms with Gasteiger partial charge in [0, 0.05) is 4.88 Å². The van der Waals surface area contributed by atoms with Gasteiger partial charge in [0.25, 0.3) is 0 Å². The molecule has 0 radical (unpaired) electrons. The van der Waals surface area contributed by atoms with Crippen LogP contribution in [0.1, 0.15) is 21.0 Å². The molecule has 0 aromatic carbocycles. The topological polar surface area (TPSA) is 26.3 Å². The summed E-state index contributed by atoms with van der Waals surface area (Å²) >= 11 is 5.53. The van der Waals surface area contributed by atoms with Crippen LogP contribution in [0.5, 0.6) is 0 Å². The highest BCUT2D eigenvalue weighted by atomic mass is 32.1. The highest BCUT2D eigenvalue weighted by Crippen LogP contribution is 2.18. The number of thiophene rings is 1. The number of thiol groups is 1. The molecule has 0 bridgehead atoms. The molecule has 0 fully saturated rings. The molecule has 1 aromatic heterocycles. The van der Waals surface area contributed by atoms with Gasteiger partial charge in [0.05, 0.1) is 7.11 Å². The normalized spacial score (nSPS) is 10.7. The number of allylic oxidation sites excluding steroid dienone is 1. The second-order valence-corrected chi connectivity index (χ2v) is 4.17. The van der Waals surface area contributed by atoms with Crippen molar-refractivity contribution in [2.45, 2.75) is 6.42 Å². The number of methoxy groups -OCH3 is 1. The molecule has 0 atom stereocenters. The van der Waals surface area contributed by atoms with Gasteiger partial charge in [0.2, 0.25) is 0 Å². The van der Waals surface area contributed by atoms with Gasteiger partial charge in [-0.3, -0.25) is 0 Å². The first-order chi connectivity index (χ1) is 6.77. The van der Waals surface area contributed by atoms with Crippen molar-refractivity contribution in [3.63, 3.8) is 0 Å². The Labute approximate surface area is 93.0 Å². The average molecular weight is 228 g/mol. The van der Waals surface area contributed by atoms with Crippen molar-refractivity contribution < 1.29 is 9.53 Å². The molecule has 0 N–H and O–H groups in total. The summed E-state index contributed by atoms with van der Waals surface area (Å²) in [6.07, 6.45) is 4.97. The molecule has 1 aromatic rings. The molecule has 0 amide bonds. The van der Waals surface area contributed by atoms with Crippen LogP contribution in [-0.4, -0.2) is 18.8 Å². The lowest BCUT2D eigenvalue weighted by molar-refractivity contribution is 0.0606. The standard InChI is InChI=1S/C10H12O2S2/c1-12-10(11)9-6-5-8(14-9)4-2-3-7-13/h2,4-6,13H,3,7H2,1H3. The van der Waals surface area contributed by atoms with Crippen molar-refractivity contribution in [3.05, 3.63) is 28.0 Å². The van der Waals surface area contributed by atoms with E-state index in [4.69, 9.17) is 0 Å². The van der Waals surface area contributed by atoms with E-state index in [-0.39, 0.29) is 5.97 Å². The minimum Gasteiger partial charge on any atom is -0.465 e. The quantitative estimate of drug-likeness (QED) is 0.633. The molecule has 0 aliphatic rings. The third-order valence-corrected chi connectivity index (χ3v) is 2.88. The van der Waals surface area contributed by atoms with Gasteiger partial charge in [0.1, 0.15) is 4.88 Å². The Morgan fingerprint density at radius 1 is 1.64 bits per heavy atom. The van der Waals surface area contributed by atoms with E-state index in [1.165, 1.54) is 18.4 Å². The molecule has 0 spiro atoms. The van der Waals surface area contributed by atoms with Crippen LogP contribution in [0.2, 0.25) is 0 Å². The molecule has 76 valence electrons. The zero-order valence-electron chi connectivity index (χ0n) is 7.90. The number of carbonyl (C=O) groups excluding carboxylic acids is 1. The maximum absolute atomic E-state index is 11.1. The van der Waals surface area contributed by atoms with Crippen molar-refractivity contribution >= 4 is 36.0 Å². The summed E-state index contributed by atoms with van der Waals surface area (Å²) in [5.74, 6) is 0.565. The van der Waals surface area contributed by atoms with Crippen molar-refractivity contribution in [2.75, 3.05) is 12.9 Å². The van der Waals surface area contributed by atoms with Crippen molar-refractivity contribution in [3.8, 4) is 0 Å². The van der Waals surface area contributed by atoms with Gasteiger partial charge in [0.15, 0.2) is 0 Å². The summed E-state index contributed by atoms with van der Waals surface area (Å²) < 4.78 is 4.61. The van der Waals surface area contributed by atoms with Crippen LogP contribution < -0.4 is 0 Å². The molecule has 4 heteroatoms. The number of esters is 1. The first-order valence-electron chi connectivity index (χ1n) is 4.23. The molecule has 0 saturated heterocycles. The van der Waals surface area contributed by atoms with Gasteiger partial charge in [-0.25, -0.2) is 4.79 Å². The predicted octanol–water partition coefficient (Wildman–Crippen LogP) is 2.87. The van der Waals surface area contributed by atoms with Crippen LogP contribution in [0, 0.1) is 0 Å². The molecule has 2 nitrogen and oxygen atoms in total. The average Bonchev–Trinajstić information content (AvgIpc) is 2.66. The van der Waals surface area contributed by atoms with E-state index in [0.29, 0.717) is 4.88 Å². The first kappa shape index (κ1) is 11.3. The Morgan fingerprint density at radius 2 is 2.43 bits per heavy atom. The van der Waals surface area contributed by atoms with Gasteiger partial charge in [-0.15, -0.1) is 11.3 Å². The van der Waals surface area contributed by atoms with E-state index in [1.807, 2.05) is 18.2 Å². The monoisotopic (exact) mass is 228 g/mol. The van der Waals surface area contributed by atoms with E-state index in [0.717, 1.165) is 17.1 Å². The largest absolute Gasteiger partial charge is 0.465 e. The number of carbonyl (C=O) groups is 1. The van der Waals surface area contributed by atoms with Gasteiger partial charge in [-0.05, 0) is 30.4 Å². The van der Waals surface area contributed by atoms with Gasteiger partial charge < -0.3 is 4.74 Å². The fourth-order valence-corrected chi connectivity index (χ4v) is 1.93. The van der Waals surface area contributed by atoms with Crippen LogP contribution in [0.4, 0.5) is 0 Å². The summed E-state index contributed by atoms with van der Waals surface area (Å²) in [5.41, 5.74) is 0. The van der Waals surface area contributed by atoms with Crippen LogP contribution >= 0.6 is 24.0 Å². The maximum atomic E-state index is 11.1. The molecular formula is C10H12O2S2. The van der Waals surface area contributed by atoms with Gasteiger partial charge in [-0.2, -0.15) is 12.6 Å². The van der Waals surface area contributed by atoms with Crippen LogP contribution in [-0.2, 0) is 4.74 Å². The second kappa shape index (κ2) is 5.88. The maximum Gasteiger partial charge on any atom is 0.348 e. The van der Waals surface area contributed by atoms with E-state index in [1.54, 1.807) is 6.07 Å². The number of hydrogen-bond donors (Lipinski definition) is 1. The van der Waals surface area contributed by atoms with E-state index >= 15 is 0 Å². The van der Waals surface area contributed by atoms with E-state index < -0.39 is 0 Å². The zero-order valence-corrected chi connectivity index (χ0v) is 9.61. The molecule has 0 saturated carbocycles. The minimum atomic E-state index is -0.274. The van der Waals surface area contributed by atoms with Crippen molar-refractivity contribution in [1.29, 1.82) is 0 Å². The predicted molar refractivity (Wildman–Crippen MR) is 63.2 cm³/mol. The molecule has 0 aliphatic heterocycles. The molecule has 1 rings (SSSR count). The molecule has 1 heterocycles. The number of hydrogen-bond acceptors (Lipinski definition) is 4. The molecular weight excluding hydrogens is 216 g/mol. The van der Waals surface area contributed by atoms with Crippen LogP contribution in [0.15, 0.2) is 18.2 Å². The first-order valence-corrected chi connectivity index (χ1v) is 5.68. The Kier molecular flexibility index (Phi) is 4.76. The lowest BCUT2D eigenvalue weighted by Gasteiger charge is -1.91. The Balaban J connectivity index is 2.63. The second-order valence-electron chi connectivity index (χ2n) is 2.61. The zero-order chi connectivity index (χ0) is 10.4. The Morgan fingerprint density at radius 3 is 3.07 bits per heavy atom. The lowest BCUT2D eigenvalue weighted by Crippen LogP contribution is -1.96. The molecule has 0 unspecified atom stereocenters. The Hall–Kier alpha value is -0.740. The van der Waals surface area contributed by atoms with Crippen molar-refractivity contribution in [1.82, 2.24) is 0 Å². The summed E-state index contributed by atoms with van der Waals surface area (Å²) in [5, 5.41) is 0. The van der Waals surface area contributed by atoms with Gasteiger partial charge >= 0.3 is 5.97 Å². The number of ether oxygens (including phenoxy) is 1. The Bertz CT molecular complexity index is 329. The summed E-state index contributed by atoms with van der Waals surface area (Å²) in [4.78, 5) is 12.8. The number of rotatable bonds is 4. The SMILES string of the molecule is COC(=O)c1ccc(C=CCCS)s1. The minimum absolute atomic E-state index is 0.274.